The molecule has 0 aliphatic heterocycles. The number of rotatable bonds is 2. The number of aromatic nitrogens is 6. The summed E-state index contributed by atoms with van der Waals surface area (Å²) in [6.45, 7) is 1.77. The van der Waals surface area contributed by atoms with Gasteiger partial charge in [0.05, 0.1) is 5.92 Å². The highest BCUT2D eigenvalue weighted by atomic mass is 15.2. The molecule has 2 heterocycles. The summed E-state index contributed by atoms with van der Waals surface area (Å²) in [5, 5.41) is 0. The highest BCUT2D eigenvalue weighted by molar-refractivity contribution is 5.31. The van der Waals surface area contributed by atoms with E-state index in [9.17, 15) is 0 Å². The number of nitrogen functional groups attached to an aromatic ring is 4. The zero-order valence-electron chi connectivity index (χ0n) is 9.57. The molecule has 0 spiro atoms. The van der Waals surface area contributed by atoms with Gasteiger partial charge in [0.25, 0.3) is 0 Å². The molecule has 0 radical (unpaired) electrons. The van der Waals surface area contributed by atoms with Crippen molar-refractivity contribution in [3.8, 4) is 0 Å². The van der Waals surface area contributed by atoms with Crippen LogP contribution in [0.1, 0.15) is 24.5 Å². The lowest BCUT2D eigenvalue weighted by Gasteiger charge is -2.09. The monoisotopic (exact) mass is 248 g/mol. The summed E-state index contributed by atoms with van der Waals surface area (Å²) in [6, 6.07) is 0. The lowest BCUT2D eigenvalue weighted by atomic mass is 10.1. The highest BCUT2D eigenvalue weighted by Gasteiger charge is 2.17. The van der Waals surface area contributed by atoms with Crippen LogP contribution < -0.4 is 22.9 Å². The van der Waals surface area contributed by atoms with Crippen LogP contribution in [0.4, 0.5) is 23.8 Å². The van der Waals surface area contributed by atoms with Crippen molar-refractivity contribution in [1.82, 2.24) is 29.9 Å². The molecule has 0 saturated heterocycles. The van der Waals surface area contributed by atoms with Crippen molar-refractivity contribution >= 4 is 23.8 Å². The largest absolute Gasteiger partial charge is 0.368 e. The van der Waals surface area contributed by atoms with Gasteiger partial charge in [0, 0.05) is 0 Å². The molecule has 0 saturated carbocycles. The van der Waals surface area contributed by atoms with Crippen LogP contribution in [0.25, 0.3) is 0 Å². The Labute approximate surface area is 102 Å². The Morgan fingerprint density at radius 1 is 0.611 bits per heavy atom. The molecular formula is C8H12N10. The summed E-state index contributed by atoms with van der Waals surface area (Å²) in [7, 11) is 0. The average molecular weight is 248 g/mol. The minimum atomic E-state index is -0.384. The van der Waals surface area contributed by atoms with Gasteiger partial charge in [-0.3, -0.25) is 0 Å². The van der Waals surface area contributed by atoms with Crippen LogP contribution in [0.15, 0.2) is 0 Å². The first-order chi connectivity index (χ1) is 8.45. The fourth-order valence-electron chi connectivity index (χ4n) is 1.36. The maximum absolute atomic E-state index is 5.49. The molecule has 94 valence electrons. The van der Waals surface area contributed by atoms with Crippen LogP contribution in [-0.2, 0) is 0 Å². The molecule has 0 unspecified atom stereocenters. The van der Waals surface area contributed by atoms with Crippen LogP contribution in [0, 0.1) is 0 Å². The van der Waals surface area contributed by atoms with E-state index in [0.717, 1.165) is 0 Å². The van der Waals surface area contributed by atoms with E-state index < -0.39 is 0 Å². The second-order valence-corrected chi connectivity index (χ2v) is 3.54. The van der Waals surface area contributed by atoms with Crippen LogP contribution in [0.5, 0.6) is 0 Å². The molecule has 0 aliphatic rings. The Kier molecular flexibility index (Phi) is 2.75. The first-order valence-corrected chi connectivity index (χ1v) is 4.99. The fraction of sp³-hybridized carbons (Fsp3) is 0.250. The molecule has 2 aromatic rings. The maximum Gasteiger partial charge on any atom is 0.225 e. The van der Waals surface area contributed by atoms with Gasteiger partial charge in [0.1, 0.15) is 11.6 Å². The fourth-order valence-corrected chi connectivity index (χ4v) is 1.36. The quantitative estimate of drug-likeness (QED) is 0.489. The minimum absolute atomic E-state index is 0.0272. The van der Waals surface area contributed by atoms with E-state index in [0.29, 0.717) is 11.6 Å². The second-order valence-electron chi connectivity index (χ2n) is 3.54. The molecule has 0 fully saturated rings. The van der Waals surface area contributed by atoms with E-state index in [1.807, 2.05) is 0 Å². The number of nitrogens with two attached hydrogens (primary N) is 4. The van der Waals surface area contributed by atoms with E-state index >= 15 is 0 Å². The van der Waals surface area contributed by atoms with Crippen LogP contribution in [0.3, 0.4) is 0 Å². The van der Waals surface area contributed by atoms with E-state index in [1.54, 1.807) is 6.92 Å². The molecule has 0 aliphatic carbocycles. The van der Waals surface area contributed by atoms with Crippen LogP contribution >= 0.6 is 0 Å². The normalized spacial score (nSPS) is 10.8. The lowest BCUT2D eigenvalue weighted by molar-refractivity contribution is 0.743. The van der Waals surface area contributed by atoms with Crippen LogP contribution in [0.2, 0.25) is 0 Å². The van der Waals surface area contributed by atoms with Crippen molar-refractivity contribution in [2.75, 3.05) is 22.9 Å². The lowest BCUT2D eigenvalue weighted by Crippen LogP contribution is -2.14. The molecule has 18 heavy (non-hydrogen) atoms. The van der Waals surface area contributed by atoms with Crippen molar-refractivity contribution in [2.24, 2.45) is 0 Å². The predicted octanol–water partition coefficient (Wildman–Crippen LogP) is -1.46. The Morgan fingerprint density at radius 2 is 0.889 bits per heavy atom. The molecule has 10 heteroatoms. The molecule has 8 N–H and O–H groups in total. The second kappa shape index (κ2) is 4.24. The Morgan fingerprint density at radius 3 is 1.17 bits per heavy atom. The predicted molar refractivity (Wildman–Crippen MR) is 64.8 cm³/mol. The van der Waals surface area contributed by atoms with Gasteiger partial charge in [-0.2, -0.15) is 29.9 Å². The molecule has 10 nitrogen and oxygen atoms in total. The van der Waals surface area contributed by atoms with E-state index in [1.165, 1.54) is 0 Å². The van der Waals surface area contributed by atoms with Gasteiger partial charge < -0.3 is 22.9 Å². The zero-order chi connectivity index (χ0) is 13.3. The SMILES string of the molecule is CC(c1nc(N)nc(N)n1)c1nc(N)nc(N)n1. The third-order valence-electron chi connectivity index (χ3n) is 2.15. The number of nitrogens with zero attached hydrogens (tertiary/aromatic N) is 6. The summed E-state index contributed by atoms with van der Waals surface area (Å²) < 4.78 is 0. The maximum atomic E-state index is 5.49. The third-order valence-corrected chi connectivity index (χ3v) is 2.15. The third kappa shape index (κ3) is 2.31. The Bertz CT molecular complexity index is 490. The van der Waals surface area contributed by atoms with Crippen molar-refractivity contribution in [2.45, 2.75) is 12.8 Å². The standard InChI is InChI=1S/C8H12N10/c1-2(3-13-5(9)17-6(10)14-3)4-15-7(11)18-8(12)16-4/h2H,1H3,(H4,9,10,13,14,17)(H4,11,12,15,16,18). The van der Waals surface area contributed by atoms with Crippen molar-refractivity contribution in [3.63, 3.8) is 0 Å². The Hall–Kier alpha value is -2.78. The number of hydrogen-bond acceptors (Lipinski definition) is 10. The summed E-state index contributed by atoms with van der Waals surface area (Å²) >= 11 is 0. The van der Waals surface area contributed by atoms with Crippen molar-refractivity contribution in [1.29, 1.82) is 0 Å². The van der Waals surface area contributed by atoms with Crippen molar-refractivity contribution in [3.05, 3.63) is 11.6 Å². The highest BCUT2D eigenvalue weighted by Crippen LogP contribution is 2.19. The van der Waals surface area contributed by atoms with Gasteiger partial charge in [-0.25, -0.2) is 0 Å². The van der Waals surface area contributed by atoms with Crippen molar-refractivity contribution < 1.29 is 0 Å². The van der Waals surface area contributed by atoms with Gasteiger partial charge in [-0.05, 0) is 6.92 Å². The van der Waals surface area contributed by atoms with Crippen LogP contribution in [-0.4, -0.2) is 29.9 Å². The molecule has 2 aromatic heterocycles. The van der Waals surface area contributed by atoms with Gasteiger partial charge >= 0.3 is 0 Å². The first kappa shape index (κ1) is 11.7. The number of anilines is 4. The summed E-state index contributed by atoms with van der Waals surface area (Å²) in [5.41, 5.74) is 22.0. The van der Waals surface area contributed by atoms with Gasteiger partial charge in [-0.15, -0.1) is 0 Å². The topological polar surface area (TPSA) is 181 Å². The first-order valence-electron chi connectivity index (χ1n) is 4.99. The number of hydrogen-bond donors (Lipinski definition) is 4. The molecule has 0 bridgehead atoms. The van der Waals surface area contributed by atoms with Gasteiger partial charge in [0.2, 0.25) is 23.8 Å². The van der Waals surface area contributed by atoms with Gasteiger partial charge in [0.15, 0.2) is 0 Å². The van der Waals surface area contributed by atoms with E-state index in [2.05, 4.69) is 29.9 Å². The van der Waals surface area contributed by atoms with E-state index in [4.69, 9.17) is 22.9 Å². The Balaban J connectivity index is 2.43. The minimum Gasteiger partial charge on any atom is -0.368 e. The summed E-state index contributed by atoms with van der Waals surface area (Å²) in [5.74, 6) is 0.401. The molecule has 2 rings (SSSR count). The summed E-state index contributed by atoms with van der Waals surface area (Å²) in [6.07, 6.45) is 0. The zero-order valence-corrected chi connectivity index (χ0v) is 9.57. The van der Waals surface area contributed by atoms with E-state index in [-0.39, 0.29) is 29.7 Å². The molecule has 0 amide bonds. The summed E-state index contributed by atoms with van der Waals surface area (Å²) in [4.78, 5) is 23.2. The molecule has 0 atom stereocenters. The smallest absolute Gasteiger partial charge is 0.225 e. The van der Waals surface area contributed by atoms with Gasteiger partial charge in [-0.1, -0.05) is 0 Å². The molecule has 0 aromatic carbocycles. The molecular weight excluding hydrogens is 236 g/mol. The average Bonchev–Trinajstić information content (AvgIpc) is 2.25.